The van der Waals surface area contributed by atoms with Crippen molar-refractivity contribution in [3.63, 3.8) is 0 Å². The second-order valence-corrected chi connectivity index (χ2v) is 9.71. The normalized spacial score (nSPS) is 12.3. The molecule has 0 amide bonds. The molecule has 0 aliphatic rings. The summed E-state index contributed by atoms with van der Waals surface area (Å²) in [5.74, 6) is 1.37. The molecule has 0 aliphatic carbocycles. The van der Waals surface area contributed by atoms with E-state index >= 15 is 0 Å². The van der Waals surface area contributed by atoms with E-state index in [1.54, 1.807) is 25.0 Å². The molecule has 3 heterocycles. The van der Waals surface area contributed by atoms with E-state index in [0.29, 0.717) is 23.1 Å². The van der Waals surface area contributed by atoms with Gasteiger partial charge in [-0.3, -0.25) is 9.13 Å². The van der Waals surface area contributed by atoms with Gasteiger partial charge in [-0.05, 0) is 75.9 Å². The van der Waals surface area contributed by atoms with Crippen LogP contribution in [0, 0.1) is 41.5 Å². The van der Waals surface area contributed by atoms with Crippen LogP contribution in [0.1, 0.15) is 44.8 Å². The fourth-order valence-electron chi connectivity index (χ4n) is 4.86. The zero-order valence-corrected chi connectivity index (χ0v) is 22.6. The molecule has 3 aromatic heterocycles. The third kappa shape index (κ3) is 5.09. The minimum Gasteiger partial charge on any atom is -0.289 e. The number of aliphatic imine (C=N–C) groups is 2. The van der Waals surface area contributed by atoms with Crippen LogP contribution in [0.2, 0.25) is 0 Å². The molecule has 0 spiro atoms. The maximum absolute atomic E-state index is 5.11. The van der Waals surface area contributed by atoms with Crippen LogP contribution in [-0.2, 0) is 0 Å². The third-order valence-corrected chi connectivity index (χ3v) is 6.41. The van der Waals surface area contributed by atoms with Gasteiger partial charge < -0.3 is 0 Å². The molecule has 0 saturated carbocycles. The average Bonchev–Trinajstić information content (AvgIpc) is 3.58. The smallest absolute Gasteiger partial charge is 0.164 e. The van der Waals surface area contributed by atoms with Gasteiger partial charge in [0, 0.05) is 24.8 Å². The first-order valence-electron chi connectivity index (χ1n) is 12.6. The summed E-state index contributed by atoms with van der Waals surface area (Å²) in [5, 5.41) is 0. The maximum Gasteiger partial charge on any atom is 0.164 e. The maximum atomic E-state index is 5.11. The highest BCUT2D eigenvalue weighted by Gasteiger charge is 2.16. The molecule has 5 rings (SSSR count). The summed E-state index contributed by atoms with van der Waals surface area (Å²) in [5.41, 5.74) is 10.2. The van der Waals surface area contributed by atoms with Crippen LogP contribution in [0.25, 0.3) is 0 Å². The van der Waals surface area contributed by atoms with Gasteiger partial charge in [-0.15, -0.1) is 0 Å². The van der Waals surface area contributed by atoms with Gasteiger partial charge in [0.25, 0.3) is 0 Å². The third-order valence-electron chi connectivity index (χ3n) is 6.41. The molecule has 38 heavy (non-hydrogen) atoms. The van der Waals surface area contributed by atoms with Crippen LogP contribution in [0.3, 0.4) is 0 Å². The van der Waals surface area contributed by atoms with Crippen molar-refractivity contribution in [3.8, 4) is 0 Å². The molecule has 0 atom stereocenters. The molecule has 7 nitrogen and oxygen atoms in total. The number of hydrogen-bond acceptors (Lipinski definition) is 5. The van der Waals surface area contributed by atoms with Crippen molar-refractivity contribution in [2.45, 2.75) is 41.5 Å². The van der Waals surface area contributed by atoms with E-state index in [-0.39, 0.29) is 0 Å². The van der Waals surface area contributed by atoms with Gasteiger partial charge in [-0.1, -0.05) is 41.5 Å². The highest BCUT2D eigenvalue weighted by molar-refractivity contribution is 6.04. The summed E-state index contributed by atoms with van der Waals surface area (Å²) in [6.07, 6.45) is 10.8. The molecule has 190 valence electrons. The van der Waals surface area contributed by atoms with Crippen LogP contribution >= 0.6 is 0 Å². The molecule has 7 heteroatoms. The number of benzene rings is 2. The monoisotopic (exact) mass is 501 g/mol. The Hall–Kier alpha value is -4.65. The zero-order valence-electron chi connectivity index (χ0n) is 22.6. The molecule has 0 bridgehead atoms. The van der Waals surface area contributed by atoms with E-state index in [2.05, 4.69) is 75.8 Å². The zero-order chi connectivity index (χ0) is 26.8. The highest BCUT2D eigenvalue weighted by Crippen LogP contribution is 2.28. The Kier molecular flexibility index (Phi) is 6.83. The first-order chi connectivity index (χ1) is 18.3. The predicted molar refractivity (Wildman–Crippen MR) is 153 cm³/mol. The van der Waals surface area contributed by atoms with Gasteiger partial charge in [0.1, 0.15) is 24.0 Å². The summed E-state index contributed by atoms with van der Waals surface area (Å²) >= 11 is 0. The number of pyridine rings is 1. The minimum atomic E-state index is 0.687. The lowest BCUT2D eigenvalue weighted by atomic mass is 10.1. The Morgan fingerprint density at radius 1 is 0.605 bits per heavy atom. The molecule has 5 aromatic rings. The van der Waals surface area contributed by atoms with Gasteiger partial charge in [-0.2, -0.15) is 0 Å². The van der Waals surface area contributed by atoms with Gasteiger partial charge in [0.2, 0.25) is 0 Å². The molecular formula is C31H31N7. The van der Waals surface area contributed by atoms with E-state index < -0.39 is 0 Å². The summed E-state index contributed by atoms with van der Waals surface area (Å²) in [6, 6.07) is 14.5. The first-order valence-corrected chi connectivity index (χ1v) is 12.6. The molecule has 0 fully saturated rings. The van der Waals surface area contributed by atoms with E-state index in [1.165, 1.54) is 11.1 Å². The average molecular weight is 502 g/mol. The Bertz CT molecular complexity index is 1490. The van der Waals surface area contributed by atoms with Crippen molar-refractivity contribution in [1.29, 1.82) is 0 Å². The number of nitrogens with zero attached hydrogens (tertiary/aromatic N) is 7. The molecule has 0 N–H and O–H groups in total. The van der Waals surface area contributed by atoms with Crippen molar-refractivity contribution in [2.75, 3.05) is 0 Å². The van der Waals surface area contributed by atoms with Gasteiger partial charge in [-0.25, -0.2) is 24.9 Å². The molecule has 2 aromatic carbocycles. The van der Waals surface area contributed by atoms with Crippen molar-refractivity contribution >= 4 is 23.0 Å². The summed E-state index contributed by atoms with van der Waals surface area (Å²) < 4.78 is 3.79. The summed E-state index contributed by atoms with van der Waals surface area (Å²) in [4.78, 5) is 23.8. The fraction of sp³-hybridized carbons (Fsp3) is 0.194. The summed E-state index contributed by atoms with van der Waals surface area (Å²) in [7, 11) is 0. The Labute approximate surface area is 223 Å². The van der Waals surface area contributed by atoms with Crippen LogP contribution in [-0.4, -0.2) is 35.8 Å². The SMILES string of the molecule is Cc1cc(C)c(/N=C(/c2cccc(/C(=N/c3c(C)cc(C)cc3C)n3ccnc3)n2)n2ccnc2)c(C)c1. The number of hydrogen-bond donors (Lipinski definition) is 0. The number of rotatable bonds is 4. The van der Waals surface area contributed by atoms with Crippen LogP contribution in [0.15, 0.2) is 89.9 Å². The lowest BCUT2D eigenvalue weighted by Gasteiger charge is -2.14. The molecule has 0 radical (unpaired) electrons. The summed E-state index contributed by atoms with van der Waals surface area (Å²) in [6.45, 7) is 12.6. The van der Waals surface area contributed by atoms with E-state index in [9.17, 15) is 0 Å². The minimum absolute atomic E-state index is 0.687. The highest BCUT2D eigenvalue weighted by atomic mass is 15.1. The van der Waals surface area contributed by atoms with E-state index in [1.807, 2.05) is 39.7 Å². The first kappa shape index (κ1) is 25.0. The number of aromatic nitrogens is 5. The lowest BCUT2D eigenvalue weighted by Crippen LogP contribution is -2.18. The lowest BCUT2D eigenvalue weighted by molar-refractivity contribution is 1.07. The fourth-order valence-corrected chi connectivity index (χ4v) is 4.86. The topological polar surface area (TPSA) is 73.2 Å². The largest absolute Gasteiger partial charge is 0.289 e. The van der Waals surface area contributed by atoms with Gasteiger partial charge in [0.05, 0.1) is 11.4 Å². The second-order valence-electron chi connectivity index (χ2n) is 9.71. The van der Waals surface area contributed by atoms with Crippen LogP contribution in [0.4, 0.5) is 11.4 Å². The van der Waals surface area contributed by atoms with E-state index in [0.717, 1.165) is 33.6 Å². The van der Waals surface area contributed by atoms with Gasteiger partial charge >= 0.3 is 0 Å². The predicted octanol–water partition coefficient (Wildman–Crippen LogP) is 6.58. The molecule has 0 saturated heterocycles. The second kappa shape index (κ2) is 10.4. The van der Waals surface area contributed by atoms with Gasteiger partial charge in [0.15, 0.2) is 11.7 Å². The van der Waals surface area contributed by atoms with Crippen molar-refractivity contribution in [2.24, 2.45) is 9.98 Å². The van der Waals surface area contributed by atoms with Crippen LogP contribution in [0.5, 0.6) is 0 Å². The Morgan fingerprint density at radius 3 is 1.34 bits per heavy atom. The Balaban J connectivity index is 1.69. The quantitative estimate of drug-likeness (QED) is 0.206. The van der Waals surface area contributed by atoms with Crippen molar-refractivity contribution < 1.29 is 0 Å². The van der Waals surface area contributed by atoms with E-state index in [4.69, 9.17) is 15.0 Å². The number of imidazole rings is 2. The molecule has 0 aliphatic heterocycles. The Morgan fingerprint density at radius 2 is 1.00 bits per heavy atom. The van der Waals surface area contributed by atoms with Crippen molar-refractivity contribution in [3.05, 3.63) is 125 Å². The molecular weight excluding hydrogens is 470 g/mol. The molecule has 0 unspecified atom stereocenters. The van der Waals surface area contributed by atoms with Crippen LogP contribution < -0.4 is 0 Å². The number of aryl methyl sites for hydroxylation is 6. The van der Waals surface area contributed by atoms with Crippen molar-refractivity contribution in [1.82, 2.24) is 24.1 Å². The standard InChI is InChI=1S/C31H31N7/c1-20-14-22(3)28(23(4)15-20)35-30(37-12-10-32-18-37)26-8-7-9-27(34-26)31(38-13-11-33-19-38)36-29-24(5)16-21(2)17-25(29)6/h7-19H,1-6H3/b35-30-,36-31-.